The molecule has 5 heteroatoms. The summed E-state index contributed by atoms with van der Waals surface area (Å²) in [4.78, 5) is 24.3. The van der Waals surface area contributed by atoms with Crippen molar-refractivity contribution < 1.29 is 19.1 Å². The maximum atomic E-state index is 12.3. The zero-order valence-electron chi connectivity index (χ0n) is 15.3. The van der Waals surface area contributed by atoms with Crippen molar-refractivity contribution in [3.05, 3.63) is 71.8 Å². The first-order valence-electron chi connectivity index (χ1n) is 8.77. The minimum atomic E-state index is -0.405. The molecule has 138 valence electrons. The number of rotatable bonds is 6. The van der Waals surface area contributed by atoms with E-state index in [1.807, 2.05) is 42.5 Å². The lowest BCUT2D eigenvalue weighted by Crippen LogP contribution is -2.21. The molecule has 3 aromatic rings. The van der Waals surface area contributed by atoms with Gasteiger partial charge in [-0.2, -0.15) is 0 Å². The van der Waals surface area contributed by atoms with Crippen LogP contribution in [-0.2, 0) is 9.53 Å². The number of fused-ring (bicyclic) bond motifs is 1. The maximum Gasteiger partial charge on any atom is 0.338 e. The SMILES string of the molecule is CCOC(=O)c1cccc(NC(=O)COc2cccc3ccccc23)c1C. The second kappa shape index (κ2) is 8.36. The Morgan fingerprint density at radius 3 is 2.52 bits per heavy atom. The molecule has 0 bridgehead atoms. The van der Waals surface area contributed by atoms with E-state index in [1.165, 1.54) is 0 Å². The van der Waals surface area contributed by atoms with Crippen LogP contribution in [0.25, 0.3) is 10.8 Å². The minimum Gasteiger partial charge on any atom is -0.483 e. The fourth-order valence-corrected chi connectivity index (χ4v) is 2.85. The molecule has 3 aromatic carbocycles. The van der Waals surface area contributed by atoms with Gasteiger partial charge < -0.3 is 14.8 Å². The molecule has 0 aliphatic heterocycles. The molecule has 3 rings (SSSR count). The molecule has 0 atom stereocenters. The van der Waals surface area contributed by atoms with Crippen molar-refractivity contribution in [2.75, 3.05) is 18.5 Å². The molecular formula is C22H21NO4. The number of hydrogen-bond donors (Lipinski definition) is 1. The van der Waals surface area contributed by atoms with Crippen LogP contribution in [0.5, 0.6) is 5.75 Å². The first kappa shape index (κ1) is 18.5. The Hall–Kier alpha value is -3.34. The molecule has 0 radical (unpaired) electrons. The Labute approximate surface area is 157 Å². The quantitative estimate of drug-likeness (QED) is 0.662. The van der Waals surface area contributed by atoms with Gasteiger partial charge in [0.25, 0.3) is 5.91 Å². The van der Waals surface area contributed by atoms with Crippen LogP contribution >= 0.6 is 0 Å². The van der Waals surface area contributed by atoms with Crippen LogP contribution < -0.4 is 10.1 Å². The third-order valence-corrected chi connectivity index (χ3v) is 4.21. The summed E-state index contributed by atoms with van der Waals surface area (Å²) in [6.07, 6.45) is 0. The molecule has 27 heavy (non-hydrogen) atoms. The number of anilines is 1. The topological polar surface area (TPSA) is 64.6 Å². The van der Waals surface area contributed by atoms with Crippen LogP contribution in [0.1, 0.15) is 22.8 Å². The number of amides is 1. The number of carbonyl (C=O) groups is 2. The average Bonchev–Trinajstić information content (AvgIpc) is 2.68. The van der Waals surface area contributed by atoms with Crippen molar-refractivity contribution in [2.24, 2.45) is 0 Å². The molecule has 1 amide bonds. The predicted octanol–water partition coefficient (Wildman–Crippen LogP) is 4.34. The maximum absolute atomic E-state index is 12.3. The van der Waals surface area contributed by atoms with E-state index in [0.29, 0.717) is 29.2 Å². The largest absolute Gasteiger partial charge is 0.483 e. The highest BCUT2D eigenvalue weighted by Crippen LogP contribution is 2.25. The van der Waals surface area contributed by atoms with Crippen LogP contribution in [0.4, 0.5) is 5.69 Å². The van der Waals surface area contributed by atoms with Crippen LogP contribution in [0.2, 0.25) is 0 Å². The van der Waals surface area contributed by atoms with Gasteiger partial charge in [-0.05, 0) is 43.0 Å². The summed E-state index contributed by atoms with van der Waals surface area (Å²) in [5.74, 6) is -0.0506. The van der Waals surface area contributed by atoms with Crippen LogP contribution in [0, 0.1) is 6.92 Å². The Kier molecular flexibility index (Phi) is 5.71. The summed E-state index contributed by atoms with van der Waals surface area (Å²) < 4.78 is 10.7. The molecule has 0 spiro atoms. The molecule has 5 nitrogen and oxygen atoms in total. The molecule has 0 fully saturated rings. The van der Waals surface area contributed by atoms with Gasteiger partial charge in [0.1, 0.15) is 5.75 Å². The van der Waals surface area contributed by atoms with E-state index in [0.717, 1.165) is 10.8 Å². The van der Waals surface area contributed by atoms with Gasteiger partial charge in [0.05, 0.1) is 12.2 Å². The minimum absolute atomic E-state index is 0.128. The number of hydrogen-bond acceptors (Lipinski definition) is 4. The smallest absolute Gasteiger partial charge is 0.338 e. The Balaban J connectivity index is 1.69. The van der Waals surface area contributed by atoms with Crippen molar-refractivity contribution in [3.8, 4) is 5.75 Å². The van der Waals surface area contributed by atoms with Gasteiger partial charge in [0, 0.05) is 11.1 Å². The fourth-order valence-electron chi connectivity index (χ4n) is 2.85. The van der Waals surface area contributed by atoms with Gasteiger partial charge in [0.15, 0.2) is 6.61 Å². The third kappa shape index (κ3) is 4.26. The number of ether oxygens (including phenoxy) is 2. The first-order valence-corrected chi connectivity index (χ1v) is 8.77. The molecule has 0 aliphatic rings. The van der Waals surface area contributed by atoms with Crippen molar-refractivity contribution >= 4 is 28.3 Å². The van der Waals surface area contributed by atoms with Crippen molar-refractivity contribution in [3.63, 3.8) is 0 Å². The lowest BCUT2D eigenvalue weighted by atomic mass is 10.1. The number of nitrogens with one attached hydrogen (secondary N) is 1. The molecule has 0 heterocycles. The normalized spacial score (nSPS) is 10.4. The zero-order chi connectivity index (χ0) is 19.2. The van der Waals surface area contributed by atoms with Crippen molar-refractivity contribution in [1.82, 2.24) is 0 Å². The van der Waals surface area contributed by atoms with Crippen LogP contribution in [0.15, 0.2) is 60.7 Å². The highest BCUT2D eigenvalue weighted by molar-refractivity contribution is 5.97. The average molecular weight is 363 g/mol. The molecule has 0 unspecified atom stereocenters. The predicted molar refractivity (Wildman–Crippen MR) is 105 cm³/mol. The van der Waals surface area contributed by atoms with Gasteiger partial charge in [-0.25, -0.2) is 4.79 Å². The van der Waals surface area contributed by atoms with Crippen molar-refractivity contribution in [1.29, 1.82) is 0 Å². The molecule has 1 N–H and O–H groups in total. The van der Waals surface area contributed by atoms with E-state index in [-0.39, 0.29) is 12.5 Å². The van der Waals surface area contributed by atoms with Crippen LogP contribution in [-0.4, -0.2) is 25.1 Å². The molecule has 0 saturated heterocycles. The lowest BCUT2D eigenvalue weighted by Gasteiger charge is -2.13. The van der Waals surface area contributed by atoms with Gasteiger partial charge >= 0.3 is 5.97 Å². The summed E-state index contributed by atoms with van der Waals surface area (Å²) in [5, 5.41) is 4.80. The van der Waals surface area contributed by atoms with E-state index in [1.54, 1.807) is 32.0 Å². The summed E-state index contributed by atoms with van der Waals surface area (Å²) in [7, 11) is 0. The highest BCUT2D eigenvalue weighted by Gasteiger charge is 2.14. The van der Waals surface area contributed by atoms with Gasteiger partial charge in [-0.1, -0.05) is 42.5 Å². The number of carbonyl (C=O) groups excluding carboxylic acids is 2. The lowest BCUT2D eigenvalue weighted by molar-refractivity contribution is -0.118. The second-order valence-corrected chi connectivity index (χ2v) is 6.01. The monoisotopic (exact) mass is 363 g/mol. The summed E-state index contributed by atoms with van der Waals surface area (Å²) >= 11 is 0. The molecule has 0 saturated carbocycles. The number of esters is 1. The Bertz CT molecular complexity index is 976. The van der Waals surface area contributed by atoms with E-state index in [9.17, 15) is 9.59 Å². The van der Waals surface area contributed by atoms with Gasteiger partial charge in [-0.15, -0.1) is 0 Å². The Morgan fingerprint density at radius 1 is 0.963 bits per heavy atom. The molecule has 0 aromatic heterocycles. The third-order valence-electron chi connectivity index (χ3n) is 4.21. The summed E-state index contributed by atoms with van der Waals surface area (Å²) in [6.45, 7) is 3.70. The van der Waals surface area contributed by atoms with E-state index < -0.39 is 5.97 Å². The fraction of sp³-hybridized carbons (Fsp3) is 0.182. The van der Waals surface area contributed by atoms with Gasteiger partial charge in [0.2, 0.25) is 0 Å². The van der Waals surface area contributed by atoms with Gasteiger partial charge in [-0.3, -0.25) is 4.79 Å². The summed E-state index contributed by atoms with van der Waals surface area (Å²) in [5.41, 5.74) is 1.66. The standard InChI is InChI=1S/C22H21NO4/c1-3-26-22(25)17-11-7-12-19(15(17)2)23-21(24)14-27-20-13-6-9-16-8-4-5-10-18(16)20/h4-13H,3,14H2,1-2H3,(H,23,24). The van der Waals surface area contributed by atoms with E-state index in [4.69, 9.17) is 9.47 Å². The summed E-state index contributed by atoms with van der Waals surface area (Å²) in [6, 6.07) is 18.7. The highest BCUT2D eigenvalue weighted by atomic mass is 16.5. The molecule has 0 aliphatic carbocycles. The Morgan fingerprint density at radius 2 is 1.70 bits per heavy atom. The van der Waals surface area contributed by atoms with Crippen molar-refractivity contribution in [2.45, 2.75) is 13.8 Å². The number of benzene rings is 3. The molecular weight excluding hydrogens is 342 g/mol. The first-order chi connectivity index (χ1) is 13.1. The van der Waals surface area contributed by atoms with Crippen LogP contribution in [0.3, 0.4) is 0 Å². The second-order valence-electron chi connectivity index (χ2n) is 6.01. The van der Waals surface area contributed by atoms with E-state index >= 15 is 0 Å². The van der Waals surface area contributed by atoms with E-state index in [2.05, 4.69) is 5.32 Å². The zero-order valence-corrected chi connectivity index (χ0v) is 15.3.